The van der Waals surface area contributed by atoms with Gasteiger partial charge in [-0.05, 0) is 45.6 Å². The minimum absolute atomic E-state index is 0.240. The molecule has 2 fully saturated rings. The highest BCUT2D eigenvalue weighted by Crippen LogP contribution is 2.21. The van der Waals surface area contributed by atoms with Crippen LogP contribution >= 0.6 is 0 Å². The number of nitrogens with one attached hydrogen (secondary N) is 2. The molecule has 0 unspecified atom stereocenters. The van der Waals surface area contributed by atoms with E-state index in [2.05, 4.69) is 10.6 Å². The summed E-state index contributed by atoms with van der Waals surface area (Å²) in [6, 6.07) is 0.608. The molecule has 0 radical (unpaired) electrons. The second-order valence-electron chi connectivity index (χ2n) is 5.78. The first-order chi connectivity index (χ1) is 9.04. The van der Waals surface area contributed by atoms with Gasteiger partial charge in [-0.1, -0.05) is 0 Å². The minimum Gasteiger partial charge on any atom is -0.335 e. The number of carbonyl (C=O) groups is 2. The van der Waals surface area contributed by atoms with Crippen LogP contribution < -0.4 is 16.4 Å². The van der Waals surface area contributed by atoms with E-state index in [0.717, 1.165) is 38.5 Å². The lowest BCUT2D eigenvalue weighted by atomic mass is 9.91. The average molecular weight is 268 g/mol. The quantitative estimate of drug-likeness (QED) is 0.678. The third-order valence-corrected chi connectivity index (χ3v) is 3.92. The molecular weight excluding hydrogens is 244 g/mol. The number of nitrogens with zero attached hydrogens (tertiary/aromatic N) is 1. The van der Waals surface area contributed by atoms with Crippen LogP contribution in [0, 0.1) is 0 Å². The van der Waals surface area contributed by atoms with Crippen LogP contribution in [0.15, 0.2) is 0 Å². The summed E-state index contributed by atoms with van der Waals surface area (Å²) in [5.74, 6) is -0.240. The van der Waals surface area contributed by atoms with Crippen molar-refractivity contribution in [3.05, 3.63) is 0 Å². The fourth-order valence-electron chi connectivity index (χ4n) is 2.51. The average Bonchev–Trinajstić information content (AvgIpc) is 3.13. The Labute approximate surface area is 114 Å². The van der Waals surface area contributed by atoms with E-state index in [1.54, 1.807) is 0 Å². The van der Waals surface area contributed by atoms with E-state index in [9.17, 15) is 9.59 Å². The third kappa shape index (κ3) is 4.80. The lowest BCUT2D eigenvalue weighted by Gasteiger charge is -2.32. The summed E-state index contributed by atoms with van der Waals surface area (Å²) in [5.41, 5.74) is 5.87. The standard InChI is InChI=1S/C13H24N4O2/c1-17(11-6-2-9(14)3-7-11)8-12(18)16-13(19)15-10-4-5-10/h9-11H,2-8,14H2,1H3,(H2,15,16,18,19). The molecule has 3 amide bonds. The zero-order valence-corrected chi connectivity index (χ0v) is 11.5. The number of amides is 3. The monoisotopic (exact) mass is 268 g/mol. The molecule has 0 spiro atoms. The second-order valence-corrected chi connectivity index (χ2v) is 5.78. The van der Waals surface area contributed by atoms with E-state index < -0.39 is 0 Å². The summed E-state index contributed by atoms with van der Waals surface area (Å²) in [5, 5.41) is 5.11. The highest BCUT2D eigenvalue weighted by molar-refractivity contribution is 5.95. The highest BCUT2D eigenvalue weighted by Gasteiger charge is 2.26. The van der Waals surface area contributed by atoms with Crippen LogP contribution in [0.4, 0.5) is 4.79 Å². The predicted octanol–water partition coefficient (Wildman–Crippen LogP) is 0.176. The molecule has 108 valence electrons. The van der Waals surface area contributed by atoms with Crippen LogP contribution in [0.25, 0.3) is 0 Å². The molecule has 6 heteroatoms. The molecule has 0 atom stereocenters. The lowest BCUT2D eigenvalue weighted by molar-refractivity contribution is -0.121. The molecule has 0 saturated heterocycles. The van der Waals surface area contributed by atoms with Gasteiger partial charge in [0.1, 0.15) is 0 Å². The van der Waals surface area contributed by atoms with Gasteiger partial charge in [-0.3, -0.25) is 15.0 Å². The van der Waals surface area contributed by atoms with Crippen molar-refractivity contribution in [2.75, 3.05) is 13.6 Å². The van der Waals surface area contributed by atoms with E-state index in [4.69, 9.17) is 5.73 Å². The van der Waals surface area contributed by atoms with Crippen molar-refractivity contribution in [1.82, 2.24) is 15.5 Å². The minimum atomic E-state index is -0.369. The predicted molar refractivity (Wildman–Crippen MR) is 72.6 cm³/mol. The van der Waals surface area contributed by atoms with Gasteiger partial charge >= 0.3 is 6.03 Å². The Morgan fingerprint density at radius 2 is 1.79 bits per heavy atom. The maximum absolute atomic E-state index is 11.7. The van der Waals surface area contributed by atoms with Gasteiger partial charge in [0.25, 0.3) is 0 Å². The number of hydrogen-bond donors (Lipinski definition) is 3. The van der Waals surface area contributed by atoms with Crippen molar-refractivity contribution in [3.63, 3.8) is 0 Å². The molecule has 19 heavy (non-hydrogen) atoms. The summed E-state index contributed by atoms with van der Waals surface area (Å²) in [4.78, 5) is 25.2. The SMILES string of the molecule is CN(CC(=O)NC(=O)NC1CC1)C1CCC(N)CC1. The van der Waals surface area contributed by atoms with E-state index in [0.29, 0.717) is 12.1 Å². The molecule has 6 nitrogen and oxygen atoms in total. The summed E-state index contributed by atoms with van der Waals surface area (Å²) in [7, 11) is 1.93. The zero-order chi connectivity index (χ0) is 13.8. The van der Waals surface area contributed by atoms with Crippen LogP contribution in [-0.2, 0) is 4.79 Å². The fraction of sp³-hybridized carbons (Fsp3) is 0.846. The number of nitrogens with two attached hydrogens (primary N) is 1. The van der Waals surface area contributed by atoms with Gasteiger partial charge in [0.05, 0.1) is 6.54 Å². The lowest BCUT2D eigenvalue weighted by Crippen LogP contribution is -2.47. The van der Waals surface area contributed by atoms with Gasteiger partial charge in [-0.15, -0.1) is 0 Å². The van der Waals surface area contributed by atoms with Crippen LogP contribution in [0.1, 0.15) is 38.5 Å². The number of likely N-dealkylation sites (N-methyl/N-ethyl adjacent to an activating group) is 1. The molecular formula is C13H24N4O2. The van der Waals surface area contributed by atoms with Crippen molar-refractivity contribution in [3.8, 4) is 0 Å². The molecule has 0 aromatic carbocycles. The van der Waals surface area contributed by atoms with Gasteiger partial charge in [-0.2, -0.15) is 0 Å². The first-order valence-corrected chi connectivity index (χ1v) is 7.10. The Balaban J connectivity index is 1.67. The van der Waals surface area contributed by atoms with Crippen molar-refractivity contribution in [2.45, 2.75) is 56.7 Å². The van der Waals surface area contributed by atoms with Gasteiger partial charge in [0.15, 0.2) is 0 Å². The summed E-state index contributed by atoms with van der Waals surface area (Å²) in [6.07, 6.45) is 6.11. The van der Waals surface area contributed by atoms with Gasteiger partial charge in [-0.25, -0.2) is 4.79 Å². The number of carbonyl (C=O) groups excluding carboxylic acids is 2. The maximum atomic E-state index is 11.7. The van der Waals surface area contributed by atoms with Crippen molar-refractivity contribution < 1.29 is 9.59 Å². The number of urea groups is 1. The van der Waals surface area contributed by atoms with Crippen molar-refractivity contribution >= 4 is 11.9 Å². The van der Waals surface area contributed by atoms with E-state index in [1.165, 1.54) is 0 Å². The highest BCUT2D eigenvalue weighted by atomic mass is 16.2. The Morgan fingerprint density at radius 3 is 2.37 bits per heavy atom. The molecule has 2 rings (SSSR count). The zero-order valence-electron chi connectivity index (χ0n) is 11.5. The maximum Gasteiger partial charge on any atom is 0.321 e. The molecule has 4 N–H and O–H groups in total. The molecule has 2 aliphatic rings. The first kappa shape index (κ1) is 14.3. The smallest absolute Gasteiger partial charge is 0.321 e. The third-order valence-electron chi connectivity index (χ3n) is 3.92. The number of hydrogen-bond acceptors (Lipinski definition) is 4. The normalized spacial score (nSPS) is 27.1. The summed E-state index contributed by atoms with van der Waals surface area (Å²) in [6.45, 7) is 0.262. The second kappa shape index (κ2) is 6.34. The molecule has 0 aromatic heterocycles. The Kier molecular flexibility index (Phi) is 4.76. The Bertz CT molecular complexity index is 336. The largest absolute Gasteiger partial charge is 0.335 e. The van der Waals surface area contributed by atoms with Gasteiger partial charge in [0.2, 0.25) is 5.91 Å². The molecule has 0 bridgehead atoms. The number of rotatable bonds is 4. The topological polar surface area (TPSA) is 87.5 Å². The summed E-state index contributed by atoms with van der Waals surface area (Å²) >= 11 is 0. The number of imide groups is 1. The Hall–Kier alpha value is -1.14. The van der Waals surface area contributed by atoms with Gasteiger partial charge in [0, 0.05) is 18.1 Å². The Morgan fingerprint density at radius 1 is 1.16 bits per heavy atom. The van der Waals surface area contributed by atoms with Gasteiger partial charge < -0.3 is 11.1 Å². The molecule has 0 aliphatic heterocycles. The van der Waals surface area contributed by atoms with Crippen molar-refractivity contribution in [1.29, 1.82) is 0 Å². The van der Waals surface area contributed by atoms with E-state index >= 15 is 0 Å². The van der Waals surface area contributed by atoms with Crippen LogP contribution in [0.5, 0.6) is 0 Å². The molecule has 2 aliphatic carbocycles. The van der Waals surface area contributed by atoms with Crippen LogP contribution in [-0.4, -0.2) is 48.6 Å². The first-order valence-electron chi connectivity index (χ1n) is 7.10. The molecule has 0 aromatic rings. The van der Waals surface area contributed by atoms with Crippen LogP contribution in [0.2, 0.25) is 0 Å². The van der Waals surface area contributed by atoms with E-state index in [-0.39, 0.29) is 24.5 Å². The fourth-order valence-corrected chi connectivity index (χ4v) is 2.51. The molecule has 0 heterocycles. The van der Waals surface area contributed by atoms with E-state index in [1.807, 2.05) is 11.9 Å². The molecule has 2 saturated carbocycles. The van der Waals surface area contributed by atoms with Crippen molar-refractivity contribution in [2.24, 2.45) is 5.73 Å². The van der Waals surface area contributed by atoms with Crippen LogP contribution in [0.3, 0.4) is 0 Å². The summed E-state index contributed by atoms with van der Waals surface area (Å²) < 4.78 is 0.